The lowest BCUT2D eigenvalue weighted by molar-refractivity contribution is 0.122. The lowest BCUT2D eigenvalue weighted by Crippen LogP contribution is -2.16. The Labute approximate surface area is 146 Å². The third kappa shape index (κ3) is 3.26. The molecular weight excluding hydrogens is 359 g/mol. The number of nitrogens with one attached hydrogen (secondary N) is 1. The zero-order chi connectivity index (χ0) is 16.6. The maximum absolute atomic E-state index is 12.0. The van der Waals surface area contributed by atoms with Crippen LogP contribution in [0.5, 0.6) is 0 Å². The second-order valence-electron chi connectivity index (χ2n) is 4.81. The summed E-state index contributed by atoms with van der Waals surface area (Å²) < 4.78 is 7.12. The number of anilines is 1. The highest BCUT2D eigenvalue weighted by atomic mass is 35.5. The maximum atomic E-state index is 12.0. The second-order valence-corrected chi connectivity index (χ2v) is 6.63. The molecule has 0 saturated heterocycles. The smallest absolute Gasteiger partial charge is 0.412 e. The van der Waals surface area contributed by atoms with Gasteiger partial charge in [-0.2, -0.15) is 5.10 Å². The minimum atomic E-state index is -0.575. The fourth-order valence-corrected chi connectivity index (χ4v) is 3.43. The normalized spacial score (nSPS) is 12.3. The predicted molar refractivity (Wildman–Crippen MR) is 90.6 cm³/mol. The highest BCUT2D eigenvalue weighted by molar-refractivity contribution is 7.17. The van der Waals surface area contributed by atoms with Crippen LogP contribution in [0.15, 0.2) is 24.5 Å². The molecule has 6 nitrogen and oxygen atoms in total. The Balaban J connectivity index is 1.70. The first-order chi connectivity index (χ1) is 11.0. The van der Waals surface area contributed by atoms with Gasteiger partial charge in [0, 0.05) is 5.69 Å². The van der Waals surface area contributed by atoms with Crippen LogP contribution < -0.4 is 5.32 Å². The first-order valence-electron chi connectivity index (χ1n) is 6.67. The number of carbonyl (C=O) groups excluding carboxylic acids is 1. The Bertz CT molecular complexity index is 877. The van der Waals surface area contributed by atoms with Crippen molar-refractivity contribution in [1.82, 2.24) is 14.6 Å². The van der Waals surface area contributed by atoms with E-state index in [0.717, 1.165) is 15.5 Å². The first kappa shape index (κ1) is 16.0. The van der Waals surface area contributed by atoms with Crippen LogP contribution in [0, 0.1) is 6.92 Å². The van der Waals surface area contributed by atoms with Crippen molar-refractivity contribution < 1.29 is 9.53 Å². The van der Waals surface area contributed by atoms with Crippen LogP contribution in [-0.4, -0.2) is 20.7 Å². The van der Waals surface area contributed by atoms with Gasteiger partial charge in [-0.3, -0.25) is 5.32 Å². The monoisotopic (exact) mass is 370 g/mol. The van der Waals surface area contributed by atoms with E-state index in [1.54, 1.807) is 29.6 Å². The van der Waals surface area contributed by atoms with Crippen molar-refractivity contribution in [2.45, 2.75) is 20.0 Å². The van der Waals surface area contributed by atoms with E-state index in [0.29, 0.717) is 15.7 Å². The van der Waals surface area contributed by atoms with Crippen molar-refractivity contribution in [2.75, 3.05) is 5.32 Å². The number of hydrogen-bond donors (Lipinski definition) is 1. The van der Waals surface area contributed by atoms with Crippen molar-refractivity contribution in [3.05, 3.63) is 45.1 Å². The van der Waals surface area contributed by atoms with Gasteiger partial charge in [-0.1, -0.05) is 34.5 Å². The Morgan fingerprint density at radius 3 is 2.87 bits per heavy atom. The van der Waals surface area contributed by atoms with Crippen molar-refractivity contribution in [3.63, 3.8) is 0 Å². The van der Waals surface area contributed by atoms with E-state index in [4.69, 9.17) is 27.9 Å². The van der Waals surface area contributed by atoms with Gasteiger partial charge in [-0.25, -0.2) is 14.3 Å². The number of fused-ring (bicyclic) bond motifs is 1. The summed E-state index contributed by atoms with van der Waals surface area (Å²) in [6.07, 6.45) is 0.492. The van der Waals surface area contributed by atoms with E-state index in [2.05, 4.69) is 15.4 Å². The standard InChI is InChI=1S/C14H12Cl2N4O2S/c1-7-12(23-13-17-6-18-20(7)13)8(2)22-14(21)19-9-3-4-10(15)11(16)5-9/h3-6,8H,1-2H3,(H,19,21)/t8-/m0/s1. The van der Waals surface area contributed by atoms with Gasteiger partial charge in [-0.15, -0.1) is 0 Å². The molecule has 0 radical (unpaired) electrons. The Morgan fingerprint density at radius 2 is 2.17 bits per heavy atom. The summed E-state index contributed by atoms with van der Waals surface area (Å²) in [7, 11) is 0. The molecule has 3 rings (SSSR count). The van der Waals surface area contributed by atoms with Crippen molar-refractivity contribution in [1.29, 1.82) is 0 Å². The van der Waals surface area contributed by atoms with Gasteiger partial charge in [0.1, 0.15) is 12.4 Å². The number of ether oxygens (including phenoxy) is 1. The first-order valence-corrected chi connectivity index (χ1v) is 8.24. The number of nitrogens with zero attached hydrogens (tertiary/aromatic N) is 3. The van der Waals surface area contributed by atoms with Gasteiger partial charge in [-0.05, 0) is 32.0 Å². The van der Waals surface area contributed by atoms with Crippen LogP contribution in [0.4, 0.5) is 10.5 Å². The van der Waals surface area contributed by atoms with Gasteiger partial charge >= 0.3 is 6.09 Å². The van der Waals surface area contributed by atoms with Crippen molar-refractivity contribution >= 4 is 51.3 Å². The average molecular weight is 371 g/mol. The third-order valence-electron chi connectivity index (χ3n) is 3.21. The zero-order valence-electron chi connectivity index (χ0n) is 12.2. The van der Waals surface area contributed by atoms with E-state index in [-0.39, 0.29) is 0 Å². The molecule has 1 aromatic carbocycles. The molecule has 0 bridgehead atoms. The molecule has 9 heteroatoms. The van der Waals surface area contributed by atoms with Crippen LogP contribution in [0.2, 0.25) is 10.0 Å². The van der Waals surface area contributed by atoms with E-state index >= 15 is 0 Å². The summed E-state index contributed by atoms with van der Waals surface area (Å²) in [5, 5.41) is 7.52. The van der Waals surface area contributed by atoms with Gasteiger partial charge in [0.05, 0.1) is 20.6 Å². The average Bonchev–Trinajstić information content (AvgIpc) is 3.06. The molecule has 1 N–H and O–H groups in total. The minimum absolute atomic E-state index is 0.360. The minimum Gasteiger partial charge on any atom is -0.440 e. The molecule has 0 aliphatic rings. The summed E-state index contributed by atoms with van der Waals surface area (Å²) in [6.45, 7) is 3.71. The van der Waals surface area contributed by atoms with Gasteiger partial charge in [0.25, 0.3) is 0 Å². The summed E-state index contributed by atoms with van der Waals surface area (Å²) in [4.78, 5) is 17.8. The third-order valence-corrected chi connectivity index (χ3v) is 5.26. The molecule has 2 aromatic heterocycles. The number of carbonyl (C=O) groups is 1. The molecule has 1 amide bonds. The molecule has 0 spiro atoms. The van der Waals surface area contributed by atoms with Gasteiger partial charge < -0.3 is 4.74 Å². The number of rotatable bonds is 3. The summed E-state index contributed by atoms with van der Waals surface area (Å²) >= 11 is 13.2. The lowest BCUT2D eigenvalue weighted by Gasteiger charge is -2.13. The number of amides is 1. The number of hydrogen-bond acceptors (Lipinski definition) is 5. The van der Waals surface area contributed by atoms with E-state index in [9.17, 15) is 4.79 Å². The van der Waals surface area contributed by atoms with Crippen LogP contribution >= 0.6 is 34.5 Å². The van der Waals surface area contributed by atoms with E-state index < -0.39 is 12.2 Å². The van der Waals surface area contributed by atoms with Gasteiger partial charge in [0.15, 0.2) is 0 Å². The molecule has 0 aliphatic carbocycles. The fraction of sp³-hybridized carbons (Fsp3) is 0.214. The van der Waals surface area contributed by atoms with Crippen LogP contribution in [-0.2, 0) is 4.74 Å². The second kappa shape index (κ2) is 6.35. The van der Waals surface area contributed by atoms with Crippen molar-refractivity contribution in [3.8, 4) is 0 Å². The summed E-state index contributed by atoms with van der Waals surface area (Å²) in [5.74, 6) is 0. The molecular formula is C14H12Cl2N4O2S. The lowest BCUT2D eigenvalue weighted by atomic mass is 10.3. The number of benzene rings is 1. The number of aryl methyl sites for hydroxylation is 1. The Kier molecular flexibility index (Phi) is 4.43. The van der Waals surface area contributed by atoms with E-state index in [1.807, 2.05) is 6.92 Å². The van der Waals surface area contributed by atoms with Crippen LogP contribution in [0.25, 0.3) is 4.96 Å². The molecule has 2 heterocycles. The molecule has 0 aliphatic heterocycles. The molecule has 3 aromatic rings. The maximum Gasteiger partial charge on any atom is 0.412 e. The molecule has 0 unspecified atom stereocenters. The Morgan fingerprint density at radius 1 is 1.39 bits per heavy atom. The Hall–Kier alpha value is -1.83. The van der Waals surface area contributed by atoms with Crippen LogP contribution in [0.3, 0.4) is 0 Å². The van der Waals surface area contributed by atoms with Crippen LogP contribution in [0.1, 0.15) is 23.6 Å². The number of aromatic nitrogens is 3. The SMILES string of the molecule is Cc1c([C@H](C)OC(=O)Nc2ccc(Cl)c(Cl)c2)sc2ncnn12. The summed E-state index contributed by atoms with van der Waals surface area (Å²) in [5.41, 5.74) is 1.41. The highest BCUT2D eigenvalue weighted by Crippen LogP contribution is 2.30. The largest absolute Gasteiger partial charge is 0.440 e. The molecule has 120 valence electrons. The zero-order valence-corrected chi connectivity index (χ0v) is 14.5. The fourth-order valence-electron chi connectivity index (χ4n) is 2.12. The van der Waals surface area contributed by atoms with E-state index in [1.165, 1.54) is 17.7 Å². The van der Waals surface area contributed by atoms with Gasteiger partial charge in [0.2, 0.25) is 4.96 Å². The molecule has 23 heavy (non-hydrogen) atoms. The predicted octanol–water partition coefficient (Wildman–Crippen LogP) is 4.72. The topological polar surface area (TPSA) is 68.5 Å². The molecule has 0 fully saturated rings. The number of thiazole rings is 1. The summed E-state index contributed by atoms with van der Waals surface area (Å²) in [6, 6.07) is 4.81. The number of halogens is 2. The highest BCUT2D eigenvalue weighted by Gasteiger charge is 2.19. The quantitative estimate of drug-likeness (QED) is 0.724. The molecule has 0 saturated carbocycles. The van der Waals surface area contributed by atoms with Crippen molar-refractivity contribution in [2.24, 2.45) is 0 Å². The molecule has 1 atom stereocenters.